The van der Waals surface area contributed by atoms with Crippen LogP contribution in [0.25, 0.3) is 0 Å². The van der Waals surface area contributed by atoms with Crippen LogP contribution in [-0.4, -0.2) is 14.8 Å². The van der Waals surface area contributed by atoms with Crippen molar-refractivity contribution in [1.29, 1.82) is 0 Å². The van der Waals surface area contributed by atoms with Gasteiger partial charge in [0.1, 0.15) is 0 Å². The number of halogens is 1. The zero-order valence-electron chi connectivity index (χ0n) is 10.6. The quantitative estimate of drug-likeness (QED) is 0.460. The fourth-order valence-electron chi connectivity index (χ4n) is 1.89. The van der Waals surface area contributed by atoms with Gasteiger partial charge in [-0.3, -0.25) is 14.9 Å². The van der Waals surface area contributed by atoms with Crippen molar-refractivity contribution in [3.05, 3.63) is 38.3 Å². The number of nitro groups is 1. The van der Waals surface area contributed by atoms with E-state index in [2.05, 4.69) is 22.9 Å². The summed E-state index contributed by atoms with van der Waals surface area (Å²) in [5.74, 6) is 0.315. The van der Waals surface area contributed by atoms with E-state index in [0.717, 1.165) is 18.2 Å². The molecule has 0 radical (unpaired) electrons. The molecule has 0 aliphatic heterocycles. The van der Waals surface area contributed by atoms with E-state index in [0.29, 0.717) is 18.0 Å². The smallest absolute Gasteiger partial charge is 0.288 e. The first-order valence-corrected chi connectivity index (χ1v) is 7.03. The maximum Gasteiger partial charge on any atom is 0.288 e. The van der Waals surface area contributed by atoms with Crippen LogP contribution in [0.2, 0.25) is 0 Å². The molecule has 0 saturated heterocycles. The Morgan fingerprint density at radius 3 is 2.72 bits per heavy atom. The standard InChI is InChI=1S/C12H17BrN2O3/c1-3-4-10(6-13)7-14-8-11(15(17)18)9(2)5-12(14)16/h5,8,10H,3-4,6-7H2,1-2H3. The highest BCUT2D eigenvalue weighted by Crippen LogP contribution is 2.17. The molecule has 0 saturated carbocycles. The summed E-state index contributed by atoms with van der Waals surface area (Å²) in [5, 5.41) is 11.6. The van der Waals surface area contributed by atoms with Gasteiger partial charge in [-0.2, -0.15) is 0 Å². The van der Waals surface area contributed by atoms with E-state index in [4.69, 9.17) is 0 Å². The number of pyridine rings is 1. The Morgan fingerprint density at radius 2 is 2.22 bits per heavy atom. The van der Waals surface area contributed by atoms with E-state index >= 15 is 0 Å². The van der Waals surface area contributed by atoms with Crippen LogP contribution in [0.4, 0.5) is 5.69 Å². The minimum atomic E-state index is -0.450. The SMILES string of the molecule is CCCC(CBr)Cn1cc([N+](=O)[O-])c(C)cc1=O. The first-order chi connectivity index (χ1) is 8.49. The van der Waals surface area contributed by atoms with Crippen LogP contribution in [0, 0.1) is 23.0 Å². The summed E-state index contributed by atoms with van der Waals surface area (Å²) >= 11 is 3.41. The average Bonchev–Trinajstić information content (AvgIpc) is 2.31. The summed E-state index contributed by atoms with van der Waals surface area (Å²) in [6.45, 7) is 4.17. The van der Waals surface area contributed by atoms with E-state index in [9.17, 15) is 14.9 Å². The third kappa shape index (κ3) is 3.66. The third-order valence-electron chi connectivity index (χ3n) is 2.87. The largest absolute Gasteiger partial charge is 0.309 e. The second-order valence-corrected chi connectivity index (χ2v) is 5.05. The van der Waals surface area contributed by atoms with E-state index in [1.54, 1.807) is 6.92 Å². The van der Waals surface area contributed by atoms with Crippen LogP contribution in [0.5, 0.6) is 0 Å². The van der Waals surface area contributed by atoms with Gasteiger partial charge in [0.15, 0.2) is 0 Å². The molecule has 1 heterocycles. The summed E-state index contributed by atoms with van der Waals surface area (Å²) < 4.78 is 1.44. The van der Waals surface area contributed by atoms with E-state index in [1.165, 1.54) is 16.8 Å². The average molecular weight is 317 g/mol. The first kappa shape index (κ1) is 14.9. The summed E-state index contributed by atoms with van der Waals surface area (Å²) in [6.07, 6.45) is 3.36. The number of aromatic nitrogens is 1. The Labute approximate surface area is 114 Å². The zero-order valence-corrected chi connectivity index (χ0v) is 12.1. The lowest BCUT2D eigenvalue weighted by Crippen LogP contribution is -2.24. The molecule has 6 heteroatoms. The number of nitrogens with zero attached hydrogens (tertiary/aromatic N) is 2. The van der Waals surface area contributed by atoms with Crippen molar-refractivity contribution in [3.8, 4) is 0 Å². The van der Waals surface area contributed by atoms with Crippen molar-refractivity contribution in [3.63, 3.8) is 0 Å². The van der Waals surface area contributed by atoms with E-state index < -0.39 is 4.92 Å². The molecule has 1 aromatic rings. The van der Waals surface area contributed by atoms with Gasteiger partial charge in [-0.05, 0) is 19.3 Å². The maximum atomic E-state index is 11.8. The van der Waals surface area contributed by atoms with Gasteiger partial charge in [0, 0.05) is 23.5 Å². The van der Waals surface area contributed by atoms with E-state index in [1.807, 2.05) is 0 Å². The molecular formula is C12H17BrN2O3. The molecule has 0 amide bonds. The Kier molecular flexibility index (Phi) is 5.53. The molecule has 0 fully saturated rings. The Hall–Kier alpha value is -1.17. The van der Waals surface area contributed by atoms with Gasteiger partial charge < -0.3 is 4.57 Å². The number of hydrogen-bond donors (Lipinski definition) is 0. The second-order valence-electron chi connectivity index (χ2n) is 4.40. The number of hydrogen-bond acceptors (Lipinski definition) is 3. The lowest BCUT2D eigenvalue weighted by molar-refractivity contribution is -0.385. The van der Waals surface area contributed by atoms with Gasteiger partial charge in [-0.25, -0.2) is 0 Å². The van der Waals surface area contributed by atoms with Crippen molar-refractivity contribution in [1.82, 2.24) is 4.57 Å². The molecule has 1 rings (SSSR count). The van der Waals surface area contributed by atoms with Gasteiger partial charge in [0.2, 0.25) is 0 Å². The van der Waals surface area contributed by atoms with E-state index in [-0.39, 0.29) is 11.2 Å². The summed E-state index contributed by atoms with van der Waals surface area (Å²) in [4.78, 5) is 22.2. The van der Waals surface area contributed by atoms with Gasteiger partial charge in [-0.15, -0.1) is 0 Å². The Morgan fingerprint density at radius 1 is 1.56 bits per heavy atom. The number of aryl methyl sites for hydroxylation is 1. The molecule has 0 aliphatic carbocycles. The predicted octanol–water partition coefficient (Wildman–Crippen LogP) is 2.88. The Bertz CT molecular complexity index is 485. The van der Waals surface area contributed by atoms with Gasteiger partial charge in [0.25, 0.3) is 11.2 Å². The summed E-state index contributed by atoms with van der Waals surface area (Å²) in [5.41, 5.74) is 0.228. The predicted molar refractivity (Wildman–Crippen MR) is 74.3 cm³/mol. The van der Waals surface area contributed by atoms with Crippen molar-refractivity contribution >= 4 is 21.6 Å². The molecule has 1 aromatic heterocycles. The summed E-state index contributed by atoms with van der Waals surface area (Å²) in [7, 11) is 0. The van der Waals surface area contributed by atoms with Gasteiger partial charge >= 0.3 is 0 Å². The second kappa shape index (κ2) is 6.68. The van der Waals surface area contributed by atoms with Crippen LogP contribution < -0.4 is 5.56 Å². The summed E-state index contributed by atoms with van der Waals surface area (Å²) in [6, 6.07) is 1.33. The molecular weight excluding hydrogens is 300 g/mol. The van der Waals surface area contributed by atoms with Crippen molar-refractivity contribution < 1.29 is 4.92 Å². The normalized spacial score (nSPS) is 12.4. The molecule has 1 unspecified atom stereocenters. The number of rotatable bonds is 6. The van der Waals surface area contributed by atoms with Crippen molar-refractivity contribution in [2.24, 2.45) is 5.92 Å². The third-order valence-corrected chi connectivity index (χ3v) is 3.79. The fourth-order valence-corrected chi connectivity index (χ4v) is 2.42. The fraction of sp³-hybridized carbons (Fsp3) is 0.583. The molecule has 18 heavy (non-hydrogen) atoms. The molecule has 5 nitrogen and oxygen atoms in total. The molecule has 0 spiro atoms. The van der Waals surface area contributed by atoms with Crippen LogP contribution >= 0.6 is 15.9 Å². The van der Waals surface area contributed by atoms with Crippen molar-refractivity contribution in [2.45, 2.75) is 33.2 Å². The van der Waals surface area contributed by atoms with Gasteiger partial charge in [0.05, 0.1) is 11.1 Å². The molecule has 100 valence electrons. The highest BCUT2D eigenvalue weighted by atomic mass is 79.9. The molecule has 1 atom stereocenters. The lowest BCUT2D eigenvalue weighted by atomic mass is 10.1. The van der Waals surface area contributed by atoms with Crippen LogP contribution in [0.15, 0.2) is 17.1 Å². The first-order valence-electron chi connectivity index (χ1n) is 5.91. The monoisotopic (exact) mass is 316 g/mol. The minimum Gasteiger partial charge on any atom is -0.309 e. The molecule has 0 bridgehead atoms. The Balaban J connectivity index is 3.05. The van der Waals surface area contributed by atoms with Crippen LogP contribution in [0.3, 0.4) is 0 Å². The zero-order chi connectivity index (χ0) is 13.7. The van der Waals surface area contributed by atoms with Crippen LogP contribution in [-0.2, 0) is 6.54 Å². The van der Waals surface area contributed by atoms with Crippen LogP contribution in [0.1, 0.15) is 25.3 Å². The highest BCUT2D eigenvalue weighted by molar-refractivity contribution is 9.09. The molecule has 0 aromatic carbocycles. The van der Waals surface area contributed by atoms with Gasteiger partial charge in [-0.1, -0.05) is 29.3 Å². The molecule has 0 aliphatic rings. The maximum absolute atomic E-state index is 11.8. The molecule has 0 N–H and O–H groups in total. The topological polar surface area (TPSA) is 65.1 Å². The highest BCUT2D eigenvalue weighted by Gasteiger charge is 2.15. The lowest BCUT2D eigenvalue weighted by Gasteiger charge is -2.14. The minimum absolute atomic E-state index is 0.000536. The number of alkyl halides is 1. The van der Waals surface area contributed by atoms with Crippen molar-refractivity contribution in [2.75, 3.05) is 5.33 Å².